The summed E-state index contributed by atoms with van der Waals surface area (Å²) in [5.74, 6) is 2.82. The number of anilines is 2. The standard InChI is InChI=1S/C14H24N4/c1-4-9-15-13-10(2)14(17-11(3)16-13)18-12-7-5-6-8-12/h12H,4-9H2,1-3H3,(H2,15,16,17,18). The molecule has 100 valence electrons. The third kappa shape index (κ3) is 3.12. The van der Waals surface area contributed by atoms with Crippen LogP contribution in [0.25, 0.3) is 0 Å². The predicted molar refractivity (Wildman–Crippen MR) is 76.2 cm³/mol. The number of rotatable bonds is 5. The van der Waals surface area contributed by atoms with Crippen LogP contribution in [0.3, 0.4) is 0 Å². The molecule has 4 heteroatoms. The molecule has 0 aromatic carbocycles. The molecule has 4 nitrogen and oxygen atoms in total. The smallest absolute Gasteiger partial charge is 0.134 e. The van der Waals surface area contributed by atoms with E-state index in [9.17, 15) is 0 Å². The normalized spacial score (nSPS) is 15.9. The van der Waals surface area contributed by atoms with Gasteiger partial charge in [0.2, 0.25) is 0 Å². The van der Waals surface area contributed by atoms with Gasteiger partial charge in [0.15, 0.2) is 0 Å². The van der Waals surface area contributed by atoms with E-state index >= 15 is 0 Å². The molecule has 0 amide bonds. The molecule has 0 saturated heterocycles. The summed E-state index contributed by atoms with van der Waals surface area (Å²) in [4.78, 5) is 9.03. The Bertz CT molecular complexity index is 397. The van der Waals surface area contributed by atoms with Crippen molar-refractivity contribution in [1.29, 1.82) is 0 Å². The second-order valence-electron chi connectivity index (χ2n) is 5.15. The third-order valence-electron chi connectivity index (χ3n) is 3.50. The van der Waals surface area contributed by atoms with E-state index in [1.165, 1.54) is 25.7 Å². The average molecular weight is 248 g/mol. The maximum atomic E-state index is 4.54. The Morgan fingerprint density at radius 3 is 2.44 bits per heavy atom. The third-order valence-corrected chi connectivity index (χ3v) is 3.50. The maximum Gasteiger partial charge on any atom is 0.134 e. The first kappa shape index (κ1) is 13.1. The molecule has 0 atom stereocenters. The number of aromatic nitrogens is 2. The molecule has 0 unspecified atom stereocenters. The van der Waals surface area contributed by atoms with Crippen LogP contribution in [0.15, 0.2) is 0 Å². The van der Waals surface area contributed by atoms with E-state index in [1.54, 1.807) is 0 Å². The summed E-state index contributed by atoms with van der Waals surface area (Å²) in [6.07, 6.45) is 6.30. The van der Waals surface area contributed by atoms with Crippen molar-refractivity contribution in [1.82, 2.24) is 9.97 Å². The highest BCUT2D eigenvalue weighted by Crippen LogP contribution is 2.25. The monoisotopic (exact) mass is 248 g/mol. The van der Waals surface area contributed by atoms with Crippen LogP contribution in [0, 0.1) is 13.8 Å². The Balaban J connectivity index is 2.14. The summed E-state index contributed by atoms with van der Waals surface area (Å²) in [6, 6.07) is 0.594. The van der Waals surface area contributed by atoms with Gasteiger partial charge in [-0.1, -0.05) is 19.8 Å². The zero-order valence-electron chi connectivity index (χ0n) is 11.7. The van der Waals surface area contributed by atoms with Gasteiger partial charge < -0.3 is 10.6 Å². The van der Waals surface area contributed by atoms with Crippen molar-refractivity contribution < 1.29 is 0 Å². The highest BCUT2D eigenvalue weighted by atomic mass is 15.1. The van der Waals surface area contributed by atoms with E-state index in [4.69, 9.17) is 0 Å². The molecule has 18 heavy (non-hydrogen) atoms. The fourth-order valence-corrected chi connectivity index (χ4v) is 2.45. The molecule has 1 aliphatic carbocycles. The lowest BCUT2D eigenvalue weighted by Crippen LogP contribution is -2.18. The van der Waals surface area contributed by atoms with Crippen LogP contribution in [0.2, 0.25) is 0 Å². The lowest BCUT2D eigenvalue weighted by Gasteiger charge is -2.17. The highest BCUT2D eigenvalue weighted by Gasteiger charge is 2.17. The van der Waals surface area contributed by atoms with Gasteiger partial charge in [-0.3, -0.25) is 0 Å². The van der Waals surface area contributed by atoms with Gasteiger partial charge in [0.1, 0.15) is 17.5 Å². The first-order valence-electron chi connectivity index (χ1n) is 7.06. The number of hydrogen-bond acceptors (Lipinski definition) is 4. The predicted octanol–water partition coefficient (Wildman–Crippen LogP) is 3.27. The first-order valence-corrected chi connectivity index (χ1v) is 7.06. The lowest BCUT2D eigenvalue weighted by molar-refractivity contribution is 0.746. The molecule has 1 saturated carbocycles. The molecule has 0 aliphatic heterocycles. The SMILES string of the molecule is CCCNc1nc(C)nc(NC2CCCC2)c1C. The van der Waals surface area contributed by atoms with Gasteiger partial charge in [0, 0.05) is 18.2 Å². The first-order chi connectivity index (χ1) is 8.70. The summed E-state index contributed by atoms with van der Waals surface area (Å²) >= 11 is 0. The van der Waals surface area contributed by atoms with E-state index in [0.29, 0.717) is 6.04 Å². The zero-order chi connectivity index (χ0) is 13.0. The van der Waals surface area contributed by atoms with E-state index in [0.717, 1.165) is 36.0 Å². The Morgan fingerprint density at radius 1 is 1.11 bits per heavy atom. The number of nitrogens with zero attached hydrogens (tertiary/aromatic N) is 2. The summed E-state index contributed by atoms with van der Waals surface area (Å²) in [7, 11) is 0. The Labute approximate surface area is 110 Å². The van der Waals surface area contributed by atoms with Gasteiger partial charge in [-0.15, -0.1) is 0 Å². The second-order valence-corrected chi connectivity index (χ2v) is 5.15. The van der Waals surface area contributed by atoms with Crippen molar-refractivity contribution in [3.63, 3.8) is 0 Å². The molecule has 1 aliphatic rings. The van der Waals surface area contributed by atoms with E-state index in [1.807, 2.05) is 6.92 Å². The summed E-state index contributed by atoms with van der Waals surface area (Å²) in [5.41, 5.74) is 1.14. The largest absolute Gasteiger partial charge is 0.370 e. The van der Waals surface area contributed by atoms with Crippen LogP contribution in [-0.2, 0) is 0 Å². The van der Waals surface area contributed by atoms with Crippen molar-refractivity contribution in [3.05, 3.63) is 11.4 Å². The molecule has 0 bridgehead atoms. The minimum Gasteiger partial charge on any atom is -0.370 e. The minimum atomic E-state index is 0.594. The molecule has 1 fully saturated rings. The molecule has 0 radical (unpaired) electrons. The fourth-order valence-electron chi connectivity index (χ4n) is 2.45. The number of nitrogens with one attached hydrogen (secondary N) is 2. The molecule has 1 aromatic heterocycles. The van der Waals surface area contributed by atoms with E-state index in [2.05, 4.69) is 34.4 Å². The minimum absolute atomic E-state index is 0.594. The van der Waals surface area contributed by atoms with Gasteiger partial charge >= 0.3 is 0 Å². The van der Waals surface area contributed by atoms with Gasteiger partial charge in [-0.2, -0.15) is 0 Å². The molecule has 1 aromatic rings. The average Bonchev–Trinajstić information content (AvgIpc) is 2.84. The van der Waals surface area contributed by atoms with Gasteiger partial charge in [-0.05, 0) is 33.1 Å². The highest BCUT2D eigenvalue weighted by molar-refractivity contribution is 5.57. The van der Waals surface area contributed by atoms with Gasteiger partial charge in [0.25, 0.3) is 0 Å². The molecular weight excluding hydrogens is 224 g/mol. The van der Waals surface area contributed by atoms with Crippen LogP contribution >= 0.6 is 0 Å². The van der Waals surface area contributed by atoms with Crippen LogP contribution in [0.1, 0.15) is 50.4 Å². The number of aryl methyl sites for hydroxylation is 1. The molecular formula is C14H24N4. The zero-order valence-corrected chi connectivity index (χ0v) is 11.7. The molecule has 2 N–H and O–H groups in total. The van der Waals surface area contributed by atoms with Crippen molar-refractivity contribution in [3.8, 4) is 0 Å². The quantitative estimate of drug-likeness (QED) is 0.839. The topological polar surface area (TPSA) is 49.8 Å². The van der Waals surface area contributed by atoms with Crippen LogP contribution in [0.5, 0.6) is 0 Å². The maximum absolute atomic E-state index is 4.54. The van der Waals surface area contributed by atoms with Gasteiger partial charge in [0.05, 0.1) is 0 Å². The molecule has 1 heterocycles. The van der Waals surface area contributed by atoms with Crippen LogP contribution < -0.4 is 10.6 Å². The van der Waals surface area contributed by atoms with E-state index < -0.39 is 0 Å². The molecule has 0 spiro atoms. The molecule has 2 rings (SSSR count). The van der Waals surface area contributed by atoms with Gasteiger partial charge in [-0.25, -0.2) is 9.97 Å². The Hall–Kier alpha value is -1.32. The van der Waals surface area contributed by atoms with Crippen LogP contribution in [0.4, 0.5) is 11.6 Å². The summed E-state index contributed by atoms with van der Waals surface area (Å²) < 4.78 is 0. The Morgan fingerprint density at radius 2 is 1.78 bits per heavy atom. The van der Waals surface area contributed by atoms with Crippen LogP contribution in [-0.4, -0.2) is 22.6 Å². The van der Waals surface area contributed by atoms with E-state index in [-0.39, 0.29) is 0 Å². The second kappa shape index (κ2) is 6.03. The fraction of sp³-hybridized carbons (Fsp3) is 0.714. The van der Waals surface area contributed by atoms with Crippen molar-refractivity contribution >= 4 is 11.6 Å². The van der Waals surface area contributed by atoms with Crippen molar-refractivity contribution in [2.75, 3.05) is 17.2 Å². The Kier molecular flexibility index (Phi) is 4.39. The lowest BCUT2D eigenvalue weighted by atomic mass is 10.2. The summed E-state index contributed by atoms with van der Waals surface area (Å²) in [6.45, 7) is 7.17. The van der Waals surface area contributed by atoms with Crippen molar-refractivity contribution in [2.24, 2.45) is 0 Å². The number of hydrogen-bond donors (Lipinski definition) is 2. The summed E-state index contributed by atoms with van der Waals surface area (Å²) in [5, 5.41) is 6.95. The van der Waals surface area contributed by atoms with Crippen molar-refractivity contribution in [2.45, 2.75) is 58.9 Å².